The Morgan fingerprint density at radius 3 is 2.38 bits per heavy atom. The summed E-state index contributed by atoms with van der Waals surface area (Å²) in [5.74, 6) is 0.696. The van der Waals surface area contributed by atoms with Crippen LogP contribution < -0.4 is 0 Å². The van der Waals surface area contributed by atoms with E-state index in [9.17, 15) is 5.11 Å². The molecule has 0 radical (unpaired) electrons. The highest BCUT2D eigenvalue weighted by atomic mass is 16.3. The fraction of sp³-hybridized carbons (Fsp3) is 0.474. The lowest BCUT2D eigenvalue weighted by molar-refractivity contribution is 0.0999. The van der Waals surface area contributed by atoms with Gasteiger partial charge in [0.1, 0.15) is 0 Å². The molecule has 2 heteroatoms. The number of fused-ring (bicyclic) bond motifs is 3. The topological polar surface area (TPSA) is 23.5 Å². The summed E-state index contributed by atoms with van der Waals surface area (Å²) in [6.07, 6.45) is 5.15. The lowest BCUT2D eigenvalue weighted by Gasteiger charge is -2.39. The molecule has 2 heterocycles. The molecule has 2 nitrogen and oxygen atoms in total. The molecule has 21 heavy (non-hydrogen) atoms. The zero-order valence-corrected chi connectivity index (χ0v) is 12.4. The normalized spacial score (nSPS) is 29.1. The standard InChI is InChI=1S/C19H23NO/c21-10-9-20-18-7-8-19(20)13-17(12-18)16-6-5-14-3-1-2-4-15(14)11-16/h1-6,11,17-19,21H,7-10,12-13H2. The van der Waals surface area contributed by atoms with E-state index in [1.807, 2.05) is 0 Å². The molecule has 2 unspecified atom stereocenters. The van der Waals surface area contributed by atoms with E-state index in [0.29, 0.717) is 24.6 Å². The minimum Gasteiger partial charge on any atom is -0.395 e. The van der Waals surface area contributed by atoms with Crippen molar-refractivity contribution >= 4 is 10.8 Å². The van der Waals surface area contributed by atoms with E-state index in [2.05, 4.69) is 47.4 Å². The fourth-order valence-electron chi connectivity index (χ4n) is 4.49. The predicted molar refractivity (Wildman–Crippen MR) is 86.5 cm³/mol. The highest BCUT2D eigenvalue weighted by molar-refractivity contribution is 5.83. The average molecular weight is 281 g/mol. The van der Waals surface area contributed by atoms with Gasteiger partial charge in [-0.25, -0.2) is 0 Å². The maximum atomic E-state index is 9.24. The van der Waals surface area contributed by atoms with Gasteiger partial charge in [0, 0.05) is 18.6 Å². The van der Waals surface area contributed by atoms with E-state index in [1.165, 1.54) is 42.0 Å². The summed E-state index contributed by atoms with van der Waals surface area (Å²) in [6.45, 7) is 1.16. The first-order valence-electron chi connectivity index (χ1n) is 8.20. The van der Waals surface area contributed by atoms with E-state index in [-0.39, 0.29) is 0 Å². The number of benzene rings is 2. The summed E-state index contributed by atoms with van der Waals surface area (Å²) in [5, 5.41) is 11.9. The van der Waals surface area contributed by atoms with Crippen LogP contribution in [0.4, 0.5) is 0 Å². The molecule has 110 valence electrons. The van der Waals surface area contributed by atoms with E-state index in [1.54, 1.807) is 0 Å². The van der Waals surface area contributed by atoms with Crippen LogP contribution in [0.3, 0.4) is 0 Å². The second kappa shape index (κ2) is 5.43. The Balaban J connectivity index is 1.59. The highest BCUT2D eigenvalue weighted by Crippen LogP contribution is 2.43. The Morgan fingerprint density at radius 1 is 0.952 bits per heavy atom. The number of hydrogen-bond acceptors (Lipinski definition) is 2. The van der Waals surface area contributed by atoms with Crippen molar-refractivity contribution in [3.63, 3.8) is 0 Å². The average Bonchev–Trinajstić information content (AvgIpc) is 2.76. The highest BCUT2D eigenvalue weighted by Gasteiger charge is 2.40. The molecule has 2 fully saturated rings. The molecule has 0 spiro atoms. The third-order valence-electron chi connectivity index (χ3n) is 5.49. The van der Waals surface area contributed by atoms with Crippen molar-refractivity contribution in [2.75, 3.05) is 13.2 Å². The van der Waals surface area contributed by atoms with Crippen molar-refractivity contribution in [2.24, 2.45) is 0 Å². The van der Waals surface area contributed by atoms with Crippen molar-refractivity contribution in [2.45, 2.75) is 43.7 Å². The molecule has 0 saturated carbocycles. The van der Waals surface area contributed by atoms with Crippen LogP contribution in [0.2, 0.25) is 0 Å². The van der Waals surface area contributed by atoms with E-state index in [0.717, 1.165) is 6.54 Å². The summed E-state index contributed by atoms with van der Waals surface area (Å²) < 4.78 is 0. The molecule has 0 aromatic heterocycles. The van der Waals surface area contributed by atoms with E-state index >= 15 is 0 Å². The lowest BCUT2D eigenvalue weighted by atomic mass is 9.84. The molecule has 2 aliphatic heterocycles. The van der Waals surface area contributed by atoms with Crippen LogP contribution in [-0.2, 0) is 0 Å². The Kier molecular flexibility index (Phi) is 3.44. The maximum Gasteiger partial charge on any atom is 0.0558 e. The van der Waals surface area contributed by atoms with Crippen LogP contribution in [0.15, 0.2) is 42.5 Å². The second-order valence-electron chi connectivity index (χ2n) is 6.62. The molecular weight excluding hydrogens is 258 g/mol. The SMILES string of the molecule is OCCN1C2CCC1CC(c1ccc3ccccc3c1)C2. The molecule has 2 aromatic rings. The van der Waals surface area contributed by atoms with Gasteiger partial charge in [-0.15, -0.1) is 0 Å². The minimum absolute atomic E-state index is 0.299. The van der Waals surface area contributed by atoms with Gasteiger partial charge in [0.05, 0.1) is 6.61 Å². The summed E-state index contributed by atoms with van der Waals surface area (Å²) in [7, 11) is 0. The Labute approximate surface area is 126 Å². The second-order valence-corrected chi connectivity index (χ2v) is 6.62. The number of nitrogens with zero attached hydrogens (tertiary/aromatic N) is 1. The predicted octanol–water partition coefficient (Wildman–Crippen LogP) is 3.54. The van der Waals surface area contributed by atoms with Crippen LogP contribution in [0.25, 0.3) is 10.8 Å². The number of aliphatic hydroxyl groups is 1. The first kappa shape index (κ1) is 13.3. The Morgan fingerprint density at radius 2 is 1.67 bits per heavy atom. The Hall–Kier alpha value is -1.38. The van der Waals surface area contributed by atoms with Crippen molar-refractivity contribution in [3.05, 3.63) is 48.0 Å². The van der Waals surface area contributed by atoms with Gasteiger partial charge in [0.15, 0.2) is 0 Å². The van der Waals surface area contributed by atoms with Crippen LogP contribution in [0.5, 0.6) is 0 Å². The quantitative estimate of drug-likeness (QED) is 0.930. The van der Waals surface area contributed by atoms with Gasteiger partial charge in [-0.2, -0.15) is 0 Å². The number of rotatable bonds is 3. The largest absolute Gasteiger partial charge is 0.395 e. The van der Waals surface area contributed by atoms with E-state index < -0.39 is 0 Å². The van der Waals surface area contributed by atoms with Gasteiger partial charge in [-0.05, 0) is 47.9 Å². The molecular formula is C19H23NO. The zero-order chi connectivity index (χ0) is 14.2. The lowest BCUT2D eigenvalue weighted by Crippen LogP contribution is -2.43. The zero-order valence-electron chi connectivity index (χ0n) is 12.4. The molecule has 4 rings (SSSR count). The maximum absolute atomic E-state index is 9.24. The van der Waals surface area contributed by atoms with Gasteiger partial charge in [-0.3, -0.25) is 4.90 Å². The fourth-order valence-corrected chi connectivity index (χ4v) is 4.49. The molecule has 0 aliphatic carbocycles. The molecule has 2 saturated heterocycles. The van der Waals surface area contributed by atoms with Crippen LogP contribution >= 0.6 is 0 Å². The van der Waals surface area contributed by atoms with Crippen LogP contribution in [0, 0.1) is 0 Å². The Bertz CT molecular complexity index is 624. The molecule has 2 aliphatic rings. The first-order chi connectivity index (χ1) is 10.3. The summed E-state index contributed by atoms with van der Waals surface area (Å²) >= 11 is 0. The van der Waals surface area contributed by atoms with Crippen LogP contribution in [-0.4, -0.2) is 35.2 Å². The summed E-state index contributed by atoms with van der Waals surface area (Å²) in [5.41, 5.74) is 1.51. The van der Waals surface area contributed by atoms with Crippen LogP contribution in [0.1, 0.15) is 37.2 Å². The monoisotopic (exact) mass is 281 g/mol. The van der Waals surface area contributed by atoms with Gasteiger partial charge in [0.2, 0.25) is 0 Å². The number of hydrogen-bond donors (Lipinski definition) is 1. The van der Waals surface area contributed by atoms with Gasteiger partial charge in [-0.1, -0.05) is 42.5 Å². The molecule has 0 amide bonds. The molecule has 2 bridgehead atoms. The van der Waals surface area contributed by atoms with Crippen molar-refractivity contribution in [1.29, 1.82) is 0 Å². The van der Waals surface area contributed by atoms with Crippen molar-refractivity contribution in [3.8, 4) is 0 Å². The van der Waals surface area contributed by atoms with Gasteiger partial charge >= 0.3 is 0 Å². The molecule has 2 atom stereocenters. The van der Waals surface area contributed by atoms with Crippen molar-refractivity contribution in [1.82, 2.24) is 4.90 Å². The number of aliphatic hydroxyl groups excluding tert-OH is 1. The van der Waals surface area contributed by atoms with Gasteiger partial charge in [0.25, 0.3) is 0 Å². The summed E-state index contributed by atoms with van der Waals surface area (Å²) in [4.78, 5) is 2.55. The van der Waals surface area contributed by atoms with Crippen molar-refractivity contribution < 1.29 is 5.11 Å². The minimum atomic E-state index is 0.299. The molecule has 2 aromatic carbocycles. The summed E-state index contributed by atoms with van der Waals surface area (Å²) in [6, 6.07) is 17.0. The number of piperidine rings is 1. The third-order valence-corrected chi connectivity index (χ3v) is 5.49. The van der Waals surface area contributed by atoms with Gasteiger partial charge < -0.3 is 5.11 Å². The smallest absolute Gasteiger partial charge is 0.0558 e. The van der Waals surface area contributed by atoms with E-state index in [4.69, 9.17) is 0 Å². The first-order valence-corrected chi connectivity index (χ1v) is 8.20. The molecule has 1 N–H and O–H groups in total. The third kappa shape index (κ3) is 2.37.